The third-order valence-corrected chi connectivity index (χ3v) is 4.86. The fraction of sp³-hybridized carbons (Fsp3) is 0.375. The van der Waals surface area contributed by atoms with Gasteiger partial charge < -0.3 is 25.2 Å². The molecule has 2 N–H and O–H groups in total. The van der Waals surface area contributed by atoms with Gasteiger partial charge in [0.05, 0.1) is 25.8 Å². The molecule has 8 nitrogen and oxygen atoms in total. The third kappa shape index (κ3) is 8.29. The second-order valence-electron chi connectivity index (χ2n) is 7.53. The number of esters is 1. The lowest BCUT2D eigenvalue weighted by Gasteiger charge is -2.20. The molecule has 8 heteroatoms. The number of anilines is 1. The summed E-state index contributed by atoms with van der Waals surface area (Å²) < 4.78 is 4.72. The van der Waals surface area contributed by atoms with Crippen molar-refractivity contribution in [3.8, 4) is 0 Å². The van der Waals surface area contributed by atoms with Gasteiger partial charge in [0.15, 0.2) is 5.96 Å². The largest absolute Gasteiger partial charge is 0.465 e. The van der Waals surface area contributed by atoms with Crippen LogP contribution in [0.5, 0.6) is 0 Å². The zero-order chi connectivity index (χ0) is 23.3. The molecule has 0 aliphatic carbocycles. The summed E-state index contributed by atoms with van der Waals surface area (Å²) in [6, 6.07) is 17.3. The average molecular weight is 440 g/mol. The highest BCUT2D eigenvalue weighted by molar-refractivity contribution is 5.89. The van der Waals surface area contributed by atoms with Crippen LogP contribution < -0.4 is 15.5 Å². The van der Waals surface area contributed by atoms with Crippen LogP contribution in [0.15, 0.2) is 59.6 Å². The molecule has 2 aromatic rings. The summed E-state index contributed by atoms with van der Waals surface area (Å²) >= 11 is 0. The van der Waals surface area contributed by atoms with Gasteiger partial charge in [-0.2, -0.15) is 0 Å². The molecule has 32 heavy (non-hydrogen) atoms. The number of hydrogen-bond acceptors (Lipinski definition) is 5. The van der Waals surface area contributed by atoms with Crippen LogP contribution in [-0.4, -0.2) is 70.6 Å². The molecule has 2 rings (SSSR count). The van der Waals surface area contributed by atoms with Crippen LogP contribution in [-0.2, 0) is 16.1 Å². The number of likely N-dealkylation sites (N-methyl/N-ethyl adjacent to an activating group) is 1. The van der Waals surface area contributed by atoms with Crippen molar-refractivity contribution in [2.75, 3.05) is 52.8 Å². The van der Waals surface area contributed by atoms with Gasteiger partial charge in [0, 0.05) is 39.9 Å². The molecule has 2 aromatic carbocycles. The predicted molar refractivity (Wildman–Crippen MR) is 128 cm³/mol. The quantitative estimate of drug-likeness (QED) is 0.255. The first-order valence-electron chi connectivity index (χ1n) is 10.6. The minimum atomic E-state index is -0.369. The first-order valence-corrected chi connectivity index (χ1v) is 10.6. The van der Waals surface area contributed by atoms with Gasteiger partial charge >= 0.3 is 5.97 Å². The molecule has 0 spiro atoms. The Bertz CT molecular complexity index is 882. The van der Waals surface area contributed by atoms with E-state index < -0.39 is 0 Å². The Morgan fingerprint density at radius 2 is 1.66 bits per heavy atom. The van der Waals surface area contributed by atoms with E-state index in [9.17, 15) is 9.59 Å². The maximum absolute atomic E-state index is 12.0. The van der Waals surface area contributed by atoms with Crippen LogP contribution in [0.3, 0.4) is 0 Å². The number of nitrogens with one attached hydrogen (secondary N) is 2. The molecule has 0 aromatic heterocycles. The van der Waals surface area contributed by atoms with Crippen LogP contribution in [0.25, 0.3) is 0 Å². The summed E-state index contributed by atoms with van der Waals surface area (Å²) in [5.41, 5.74) is 2.61. The van der Waals surface area contributed by atoms with E-state index in [0.29, 0.717) is 24.6 Å². The minimum Gasteiger partial charge on any atom is -0.465 e. The molecule has 0 unspecified atom stereocenters. The predicted octanol–water partition coefficient (Wildman–Crippen LogP) is 2.12. The maximum Gasteiger partial charge on any atom is 0.337 e. The van der Waals surface area contributed by atoms with E-state index in [1.165, 1.54) is 17.7 Å². The Labute approximate surface area is 190 Å². The fourth-order valence-corrected chi connectivity index (χ4v) is 2.86. The molecule has 0 aliphatic rings. The van der Waals surface area contributed by atoms with Crippen molar-refractivity contribution in [2.24, 2.45) is 4.99 Å². The number of methoxy groups -OCH3 is 1. The normalized spacial score (nSPS) is 10.9. The number of carbonyl (C=O) groups excluding carboxylic acids is 2. The van der Waals surface area contributed by atoms with Gasteiger partial charge in [-0.15, -0.1) is 0 Å². The molecule has 0 saturated heterocycles. The highest BCUT2D eigenvalue weighted by Crippen LogP contribution is 2.10. The van der Waals surface area contributed by atoms with Gasteiger partial charge in [-0.1, -0.05) is 30.3 Å². The number of carbonyl (C=O) groups is 2. The molecule has 0 aliphatic heterocycles. The van der Waals surface area contributed by atoms with Crippen molar-refractivity contribution in [3.05, 3.63) is 65.7 Å². The molecule has 0 radical (unpaired) electrons. The lowest BCUT2D eigenvalue weighted by molar-refractivity contribution is -0.127. The number of guanidine groups is 1. The molecule has 0 bridgehead atoms. The van der Waals surface area contributed by atoms with Crippen LogP contribution in [0, 0.1) is 0 Å². The fourth-order valence-electron chi connectivity index (χ4n) is 2.86. The number of rotatable bonds is 10. The number of aliphatic imine (C=N–C) groups is 1. The standard InChI is InChI=1S/C24H33N5O3/c1-28(2)22(30)18-27-24(25-15-8-16-29(3)21-9-6-5-7-10-21)26-17-19-11-13-20(14-12-19)23(31)32-4/h5-7,9-14H,8,15-18H2,1-4H3,(H2,25,26,27). The van der Waals surface area contributed by atoms with Crippen LogP contribution in [0.4, 0.5) is 5.69 Å². The highest BCUT2D eigenvalue weighted by atomic mass is 16.5. The summed E-state index contributed by atoms with van der Waals surface area (Å²) in [7, 11) is 6.86. The number of ether oxygens (including phenoxy) is 1. The molecule has 0 fully saturated rings. The Kier molecular flexibility index (Phi) is 10.0. The zero-order valence-corrected chi connectivity index (χ0v) is 19.3. The smallest absolute Gasteiger partial charge is 0.337 e. The Balaban J connectivity index is 1.92. The number of hydrogen-bond donors (Lipinski definition) is 2. The Morgan fingerprint density at radius 3 is 2.28 bits per heavy atom. The number of amides is 1. The summed E-state index contributed by atoms with van der Waals surface area (Å²) in [5, 5.41) is 6.39. The van der Waals surface area contributed by atoms with Crippen molar-refractivity contribution in [2.45, 2.75) is 13.0 Å². The van der Waals surface area contributed by atoms with E-state index in [2.05, 4.69) is 39.7 Å². The number of nitrogens with zero attached hydrogens (tertiary/aromatic N) is 3. The van der Waals surface area contributed by atoms with Crippen molar-refractivity contribution in [3.63, 3.8) is 0 Å². The maximum atomic E-state index is 12.0. The SMILES string of the molecule is COC(=O)c1ccc(CN=C(NCCCN(C)c2ccccc2)NCC(=O)N(C)C)cc1. The number of benzene rings is 2. The lowest BCUT2D eigenvalue weighted by atomic mass is 10.1. The summed E-state index contributed by atoms with van der Waals surface area (Å²) in [4.78, 5) is 31.8. The second kappa shape index (κ2) is 13.0. The second-order valence-corrected chi connectivity index (χ2v) is 7.53. The van der Waals surface area contributed by atoms with Crippen LogP contribution in [0.1, 0.15) is 22.3 Å². The molecule has 0 atom stereocenters. The molecule has 0 heterocycles. The van der Waals surface area contributed by atoms with Gasteiger partial charge in [-0.3, -0.25) is 4.79 Å². The molecule has 172 valence electrons. The van der Waals surface area contributed by atoms with Crippen molar-refractivity contribution >= 4 is 23.5 Å². The van der Waals surface area contributed by atoms with Crippen molar-refractivity contribution in [1.82, 2.24) is 15.5 Å². The van der Waals surface area contributed by atoms with Gasteiger partial charge in [0.2, 0.25) is 5.91 Å². The van der Waals surface area contributed by atoms with E-state index >= 15 is 0 Å². The van der Waals surface area contributed by atoms with Crippen LogP contribution in [0.2, 0.25) is 0 Å². The molecular weight excluding hydrogens is 406 g/mol. The molecule has 1 amide bonds. The third-order valence-electron chi connectivity index (χ3n) is 4.86. The van der Waals surface area contributed by atoms with E-state index in [1.807, 2.05) is 30.3 Å². The zero-order valence-electron chi connectivity index (χ0n) is 19.3. The van der Waals surface area contributed by atoms with E-state index in [0.717, 1.165) is 18.5 Å². The Hall–Kier alpha value is -3.55. The lowest BCUT2D eigenvalue weighted by Crippen LogP contribution is -2.43. The van der Waals surface area contributed by atoms with E-state index in [-0.39, 0.29) is 18.4 Å². The monoisotopic (exact) mass is 439 g/mol. The van der Waals surface area contributed by atoms with Gasteiger partial charge in [-0.05, 0) is 36.2 Å². The molecule has 0 saturated carbocycles. The first kappa shape index (κ1) is 24.7. The van der Waals surface area contributed by atoms with Crippen molar-refractivity contribution < 1.29 is 14.3 Å². The number of para-hydroxylation sites is 1. The van der Waals surface area contributed by atoms with Gasteiger partial charge in [0.25, 0.3) is 0 Å². The van der Waals surface area contributed by atoms with Crippen LogP contribution >= 0.6 is 0 Å². The highest BCUT2D eigenvalue weighted by Gasteiger charge is 2.07. The van der Waals surface area contributed by atoms with E-state index in [4.69, 9.17) is 4.74 Å². The van der Waals surface area contributed by atoms with Gasteiger partial charge in [-0.25, -0.2) is 9.79 Å². The van der Waals surface area contributed by atoms with Crippen molar-refractivity contribution in [1.29, 1.82) is 0 Å². The summed E-state index contributed by atoms with van der Waals surface area (Å²) in [5.74, 6) is 0.164. The minimum absolute atomic E-state index is 0.0364. The average Bonchev–Trinajstić information content (AvgIpc) is 2.82. The summed E-state index contributed by atoms with van der Waals surface area (Å²) in [6.07, 6.45) is 0.904. The van der Waals surface area contributed by atoms with Gasteiger partial charge in [0.1, 0.15) is 0 Å². The van der Waals surface area contributed by atoms with E-state index in [1.54, 1.807) is 26.2 Å². The molecular formula is C24H33N5O3. The Morgan fingerprint density at radius 1 is 0.969 bits per heavy atom. The topological polar surface area (TPSA) is 86.3 Å². The first-order chi connectivity index (χ1) is 15.4. The summed E-state index contributed by atoms with van der Waals surface area (Å²) in [6.45, 7) is 2.16.